The summed E-state index contributed by atoms with van der Waals surface area (Å²) in [6.45, 7) is 2.83. The molecule has 2 heterocycles. The first-order valence-electron chi connectivity index (χ1n) is 5.20. The normalized spacial score (nSPS) is 12.9. The molecule has 0 saturated carbocycles. The number of aromatic amines is 1. The van der Waals surface area contributed by atoms with Crippen LogP contribution in [-0.4, -0.2) is 16.5 Å². The van der Waals surface area contributed by atoms with Gasteiger partial charge in [0.15, 0.2) is 0 Å². The molecule has 1 atom stereocenters. The molecule has 0 aliphatic heterocycles. The minimum atomic E-state index is 0.391. The van der Waals surface area contributed by atoms with Crippen LogP contribution in [-0.2, 0) is 0 Å². The molecule has 2 aromatic heterocycles. The summed E-state index contributed by atoms with van der Waals surface area (Å²) in [6.07, 6.45) is 2.85. The Morgan fingerprint density at radius 2 is 2.44 bits per heavy atom. The molecule has 16 heavy (non-hydrogen) atoms. The molecular formula is C11H14BrN3S. The minimum absolute atomic E-state index is 0.391. The maximum absolute atomic E-state index is 5.54. The van der Waals surface area contributed by atoms with Crippen molar-refractivity contribution in [1.82, 2.24) is 9.97 Å². The topological polar surface area (TPSA) is 54.7 Å². The molecule has 1 unspecified atom stereocenters. The molecule has 3 nitrogen and oxygen atoms in total. The molecule has 0 spiro atoms. The molecule has 2 aromatic rings. The van der Waals surface area contributed by atoms with Gasteiger partial charge in [-0.25, -0.2) is 4.98 Å². The van der Waals surface area contributed by atoms with E-state index in [-0.39, 0.29) is 0 Å². The number of rotatable bonds is 4. The molecule has 0 saturated heterocycles. The Balaban J connectivity index is 2.19. The Morgan fingerprint density at radius 1 is 1.62 bits per heavy atom. The van der Waals surface area contributed by atoms with Crippen LogP contribution >= 0.6 is 27.3 Å². The SMILES string of the molecule is CC(CCN)c1ncc(-c2cc(Br)cs2)[nH]1. The van der Waals surface area contributed by atoms with Crippen LogP contribution in [0.25, 0.3) is 10.6 Å². The summed E-state index contributed by atoms with van der Waals surface area (Å²) in [5.41, 5.74) is 6.62. The van der Waals surface area contributed by atoms with Gasteiger partial charge in [-0.15, -0.1) is 11.3 Å². The first kappa shape index (κ1) is 11.8. The molecule has 0 aliphatic rings. The maximum Gasteiger partial charge on any atom is 0.109 e. The molecule has 0 fully saturated rings. The van der Waals surface area contributed by atoms with Crippen LogP contribution in [0.5, 0.6) is 0 Å². The zero-order chi connectivity index (χ0) is 11.5. The van der Waals surface area contributed by atoms with Crippen molar-refractivity contribution in [1.29, 1.82) is 0 Å². The van der Waals surface area contributed by atoms with Crippen LogP contribution in [0.3, 0.4) is 0 Å². The molecule has 0 amide bonds. The first-order chi connectivity index (χ1) is 7.70. The molecule has 0 radical (unpaired) electrons. The van der Waals surface area contributed by atoms with E-state index in [0.717, 1.165) is 22.4 Å². The fourth-order valence-electron chi connectivity index (χ4n) is 1.55. The Bertz CT molecular complexity index is 463. The highest BCUT2D eigenvalue weighted by molar-refractivity contribution is 9.10. The van der Waals surface area contributed by atoms with E-state index in [1.807, 2.05) is 6.20 Å². The lowest BCUT2D eigenvalue weighted by Crippen LogP contribution is -2.05. The first-order valence-corrected chi connectivity index (χ1v) is 6.87. The van der Waals surface area contributed by atoms with Gasteiger partial charge in [0.2, 0.25) is 0 Å². The molecular weight excluding hydrogens is 286 g/mol. The van der Waals surface area contributed by atoms with Gasteiger partial charge >= 0.3 is 0 Å². The molecule has 3 N–H and O–H groups in total. The summed E-state index contributed by atoms with van der Waals surface area (Å²) >= 11 is 5.15. The third kappa shape index (κ3) is 2.53. The van der Waals surface area contributed by atoms with Gasteiger partial charge in [0, 0.05) is 15.8 Å². The summed E-state index contributed by atoms with van der Waals surface area (Å²) in [5, 5.41) is 2.07. The van der Waals surface area contributed by atoms with Crippen molar-refractivity contribution >= 4 is 27.3 Å². The molecule has 0 aliphatic carbocycles. The third-order valence-electron chi connectivity index (χ3n) is 2.49. The largest absolute Gasteiger partial charge is 0.341 e. The number of imidazole rings is 1. The average molecular weight is 300 g/mol. The van der Waals surface area contributed by atoms with E-state index in [1.165, 1.54) is 4.88 Å². The van der Waals surface area contributed by atoms with Gasteiger partial charge in [-0.1, -0.05) is 6.92 Å². The maximum atomic E-state index is 5.54. The van der Waals surface area contributed by atoms with E-state index in [2.05, 4.69) is 44.3 Å². The van der Waals surface area contributed by atoms with Crippen LogP contribution in [0, 0.1) is 0 Å². The Morgan fingerprint density at radius 3 is 3.06 bits per heavy atom. The van der Waals surface area contributed by atoms with Gasteiger partial charge in [0.25, 0.3) is 0 Å². The van der Waals surface area contributed by atoms with E-state index in [9.17, 15) is 0 Å². The summed E-state index contributed by atoms with van der Waals surface area (Å²) in [7, 11) is 0. The Kier molecular flexibility index (Phi) is 3.78. The van der Waals surface area contributed by atoms with E-state index < -0.39 is 0 Å². The zero-order valence-electron chi connectivity index (χ0n) is 9.03. The summed E-state index contributed by atoms with van der Waals surface area (Å²) in [5.74, 6) is 1.41. The quantitative estimate of drug-likeness (QED) is 0.909. The fourth-order valence-corrected chi connectivity index (χ4v) is 2.95. The van der Waals surface area contributed by atoms with Crippen molar-refractivity contribution < 1.29 is 0 Å². The van der Waals surface area contributed by atoms with Gasteiger partial charge in [-0.05, 0) is 35.0 Å². The highest BCUT2D eigenvalue weighted by Crippen LogP contribution is 2.29. The number of nitrogens with zero attached hydrogens (tertiary/aromatic N) is 1. The summed E-state index contributed by atoms with van der Waals surface area (Å²) < 4.78 is 1.11. The van der Waals surface area contributed by atoms with Crippen LogP contribution in [0.15, 0.2) is 22.1 Å². The minimum Gasteiger partial charge on any atom is -0.341 e. The number of nitrogens with one attached hydrogen (secondary N) is 1. The monoisotopic (exact) mass is 299 g/mol. The average Bonchev–Trinajstić information content (AvgIpc) is 2.85. The van der Waals surface area contributed by atoms with Crippen LogP contribution in [0.4, 0.5) is 0 Å². The Hall–Kier alpha value is -0.650. The van der Waals surface area contributed by atoms with Crippen molar-refractivity contribution in [2.24, 2.45) is 5.73 Å². The van der Waals surface area contributed by atoms with Crippen molar-refractivity contribution in [2.75, 3.05) is 6.54 Å². The van der Waals surface area contributed by atoms with E-state index in [1.54, 1.807) is 11.3 Å². The number of hydrogen-bond donors (Lipinski definition) is 2. The predicted molar refractivity (Wildman–Crippen MR) is 71.7 cm³/mol. The van der Waals surface area contributed by atoms with Gasteiger partial charge < -0.3 is 10.7 Å². The van der Waals surface area contributed by atoms with Gasteiger partial charge in [0.05, 0.1) is 16.8 Å². The van der Waals surface area contributed by atoms with Crippen LogP contribution in [0.2, 0.25) is 0 Å². The standard InChI is InChI=1S/C11H14BrN3S/c1-7(2-3-13)11-14-5-9(15-11)10-4-8(12)6-16-10/h4-7H,2-3,13H2,1H3,(H,14,15). The Labute approximate surface area is 107 Å². The second kappa shape index (κ2) is 5.12. The predicted octanol–water partition coefficient (Wildman–Crippen LogP) is 3.35. The number of thiophene rings is 1. The van der Waals surface area contributed by atoms with Gasteiger partial charge in [0.1, 0.15) is 5.82 Å². The van der Waals surface area contributed by atoms with E-state index in [4.69, 9.17) is 5.73 Å². The lowest BCUT2D eigenvalue weighted by atomic mass is 10.1. The highest BCUT2D eigenvalue weighted by atomic mass is 79.9. The second-order valence-electron chi connectivity index (χ2n) is 3.79. The summed E-state index contributed by atoms with van der Waals surface area (Å²) in [4.78, 5) is 8.95. The molecule has 86 valence electrons. The number of aromatic nitrogens is 2. The number of halogens is 1. The van der Waals surface area contributed by atoms with Crippen molar-refractivity contribution in [3.05, 3.63) is 27.9 Å². The smallest absolute Gasteiger partial charge is 0.109 e. The number of hydrogen-bond acceptors (Lipinski definition) is 3. The fraction of sp³-hybridized carbons (Fsp3) is 0.364. The molecule has 0 bridgehead atoms. The van der Waals surface area contributed by atoms with E-state index >= 15 is 0 Å². The van der Waals surface area contributed by atoms with Crippen LogP contribution in [0.1, 0.15) is 25.1 Å². The third-order valence-corrected chi connectivity index (χ3v) is 4.22. The van der Waals surface area contributed by atoms with Crippen molar-refractivity contribution in [2.45, 2.75) is 19.3 Å². The molecule has 0 aromatic carbocycles. The van der Waals surface area contributed by atoms with Crippen molar-refractivity contribution in [3.8, 4) is 10.6 Å². The van der Waals surface area contributed by atoms with Gasteiger partial charge in [-0.3, -0.25) is 0 Å². The molecule has 2 rings (SSSR count). The number of H-pyrrole nitrogens is 1. The number of nitrogens with two attached hydrogens (primary N) is 1. The zero-order valence-corrected chi connectivity index (χ0v) is 11.4. The lowest BCUT2D eigenvalue weighted by Gasteiger charge is -2.05. The van der Waals surface area contributed by atoms with Crippen LogP contribution < -0.4 is 5.73 Å². The molecule has 5 heteroatoms. The van der Waals surface area contributed by atoms with Gasteiger partial charge in [-0.2, -0.15) is 0 Å². The van der Waals surface area contributed by atoms with E-state index in [0.29, 0.717) is 12.5 Å². The lowest BCUT2D eigenvalue weighted by molar-refractivity contribution is 0.655. The highest BCUT2D eigenvalue weighted by Gasteiger charge is 2.10. The second-order valence-corrected chi connectivity index (χ2v) is 5.62. The summed E-state index contributed by atoms with van der Waals surface area (Å²) in [6, 6.07) is 2.09. The van der Waals surface area contributed by atoms with Crippen molar-refractivity contribution in [3.63, 3.8) is 0 Å².